The molecule has 1 atom stereocenters. The van der Waals surface area contributed by atoms with E-state index in [-0.39, 0.29) is 0 Å². The minimum Gasteiger partial charge on any atom is -0.496 e. The molecule has 0 radical (unpaired) electrons. The predicted octanol–water partition coefficient (Wildman–Crippen LogP) is 3.59. The highest BCUT2D eigenvalue weighted by atomic mass is 32.1. The molecule has 1 aromatic heterocycles. The molecule has 1 aromatic carbocycles. The maximum atomic E-state index is 5.39. The van der Waals surface area contributed by atoms with E-state index in [4.69, 9.17) is 4.74 Å². The lowest BCUT2D eigenvalue weighted by atomic mass is 10.1. The molecule has 1 heterocycles. The lowest BCUT2D eigenvalue weighted by molar-refractivity contribution is 0.410. The fourth-order valence-electron chi connectivity index (χ4n) is 2.22. The molecule has 0 saturated heterocycles. The number of hydrogen-bond acceptors (Lipinski definition) is 5. The summed E-state index contributed by atoms with van der Waals surface area (Å²) >= 11 is 1.69. The van der Waals surface area contributed by atoms with Gasteiger partial charge in [0.1, 0.15) is 15.8 Å². The third-order valence-corrected chi connectivity index (χ3v) is 4.40. The van der Waals surface area contributed by atoms with Crippen LogP contribution in [0.25, 0.3) is 0 Å². The predicted molar refractivity (Wildman–Crippen MR) is 87.0 cm³/mol. The van der Waals surface area contributed by atoms with Crippen LogP contribution < -0.4 is 10.1 Å². The molecule has 114 valence electrons. The van der Waals surface area contributed by atoms with Crippen molar-refractivity contribution in [1.82, 2.24) is 15.5 Å². The third-order valence-electron chi connectivity index (χ3n) is 3.36. The molecule has 0 aliphatic rings. The van der Waals surface area contributed by atoms with E-state index in [1.54, 1.807) is 18.4 Å². The number of para-hydroxylation sites is 1. The van der Waals surface area contributed by atoms with Gasteiger partial charge in [-0.2, -0.15) is 0 Å². The Morgan fingerprint density at radius 1 is 1.24 bits per heavy atom. The van der Waals surface area contributed by atoms with Crippen LogP contribution in [0.1, 0.15) is 48.3 Å². The molecule has 0 amide bonds. The molecule has 1 N–H and O–H groups in total. The van der Waals surface area contributed by atoms with Crippen LogP contribution in [0.5, 0.6) is 5.75 Å². The summed E-state index contributed by atoms with van der Waals surface area (Å²) in [5, 5.41) is 14.3. The normalized spacial score (nSPS) is 12.3. The Balaban J connectivity index is 2.08. The van der Waals surface area contributed by atoms with Gasteiger partial charge in [-0.05, 0) is 25.5 Å². The van der Waals surface area contributed by atoms with Crippen LogP contribution in [-0.4, -0.2) is 23.9 Å². The number of aromatic nitrogens is 2. The van der Waals surface area contributed by atoms with Gasteiger partial charge in [-0.15, -0.1) is 10.2 Å². The highest BCUT2D eigenvalue weighted by molar-refractivity contribution is 7.11. The van der Waals surface area contributed by atoms with Gasteiger partial charge in [0.05, 0.1) is 13.2 Å². The first-order valence-electron chi connectivity index (χ1n) is 7.46. The average Bonchev–Trinajstić information content (AvgIpc) is 2.97. The number of nitrogens with zero attached hydrogens (tertiary/aromatic N) is 2. The summed E-state index contributed by atoms with van der Waals surface area (Å²) in [5.74, 6) is 0.908. The van der Waals surface area contributed by atoms with Crippen molar-refractivity contribution in [3.63, 3.8) is 0 Å². The molecule has 21 heavy (non-hydrogen) atoms. The minimum absolute atomic E-state index is 0.314. The van der Waals surface area contributed by atoms with E-state index in [1.807, 2.05) is 18.2 Å². The number of nitrogens with one attached hydrogen (secondary N) is 1. The molecular formula is C16H23N3OS. The Hall–Kier alpha value is -1.46. The van der Waals surface area contributed by atoms with Crippen molar-refractivity contribution in [2.75, 3.05) is 13.7 Å². The lowest BCUT2D eigenvalue weighted by Gasteiger charge is -2.12. The molecule has 4 nitrogen and oxygen atoms in total. The van der Waals surface area contributed by atoms with Crippen molar-refractivity contribution >= 4 is 11.3 Å². The fraction of sp³-hybridized carbons (Fsp3) is 0.500. The maximum absolute atomic E-state index is 5.39. The zero-order chi connectivity index (χ0) is 15.1. The van der Waals surface area contributed by atoms with Gasteiger partial charge in [0.25, 0.3) is 0 Å². The van der Waals surface area contributed by atoms with Gasteiger partial charge in [-0.25, -0.2) is 0 Å². The standard InChI is InChI=1S/C16H23N3OS/c1-4-10-17-13(5-2)16-19-18-15(21-16)11-12-8-6-7-9-14(12)20-3/h6-9,13,17H,4-5,10-11H2,1-3H3. The Kier molecular flexibility index (Phi) is 6.14. The molecule has 0 aliphatic heterocycles. The van der Waals surface area contributed by atoms with Crippen molar-refractivity contribution in [2.24, 2.45) is 0 Å². The van der Waals surface area contributed by atoms with Crippen LogP contribution >= 0.6 is 11.3 Å². The third kappa shape index (κ3) is 4.25. The van der Waals surface area contributed by atoms with Gasteiger partial charge in [0, 0.05) is 12.0 Å². The van der Waals surface area contributed by atoms with E-state index in [1.165, 1.54) is 0 Å². The zero-order valence-electron chi connectivity index (χ0n) is 12.9. The maximum Gasteiger partial charge on any atom is 0.134 e. The smallest absolute Gasteiger partial charge is 0.134 e. The van der Waals surface area contributed by atoms with Crippen LogP contribution in [0.15, 0.2) is 24.3 Å². The van der Waals surface area contributed by atoms with Crippen LogP contribution in [0.4, 0.5) is 0 Å². The van der Waals surface area contributed by atoms with Crippen LogP contribution in [-0.2, 0) is 6.42 Å². The molecule has 1 unspecified atom stereocenters. The number of rotatable bonds is 8. The number of hydrogen-bond donors (Lipinski definition) is 1. The van der Waals surface area contributed by atoms with Crippen LogP contribution in [0.3, 0.4) is 0 Å². The SMILES string of the molecule is CCCNC(CC)c1nnc(Cc2ccccc2OC)s1. The molecular weight excluding hydrogens is 282 g/mol. The minimum atomic E-state index is 0.314. The largest absolute Gasteiger partial charge is 0.496 e. The van der Waals surface area contributed by atoms with Crippen molar-refractivity contribution in [1.29, 1.82) is 0 Å². The average molecular weight is 305 g/mol. The summed E-state index contributed by atoms with van der Waals surface area (Å²) < 4.78 is 5.39. The number of methoxy groups -OCH3 is 1. The van der Waals surface area contributed by atoms with Crippen molar-refractivity contribution in [2.45, 2.75) is 39.2 Å². The van der Waals surface area contributed by atoms with Gasteiger partial charge in [0.2, 0.25) is 0 Å². The first-order chi connectivity index (χ1) is 10.3. The Morgan fingerprint density at radius 3 is 2.76 bits per heavy atom. The first-order valence-corrected chi connectivity index (χ1v) is 8.27. The van der Waals surface area contributed by atoms with Gasteiger partial charge in [-0.3, -0.25) is 0 Å². The molecule has 2 rings (SSSR count). The molecule has 2 aromatic rings. The second-order valence-corrected chi connectivity index (χ2v) is 6.03. The first kappa shape index (κ1) is 15.9. The molecule has 0 aliphatic carbocycles. The van der Waals surface area contributed by atoms with Crippen LogP contribution in [0, 0.1) is 0 Å². The van der Waals surface area contributed by atoms with E-state index < -0.39 is 0 Å². The fourth-order valence-corrected chi connectivity index (χ4v) is 3.24. The molecule has 0 saturated carbocycles. The summed E-state index contributed by atoms with van der Waals surface area (Å²) in [4.78, 5) is 0. The summed E-state index contributed by atoms with van der Waals surface area (Å²) in [7, 11) is 1.70. The summed E-state index contributed by atoms with van der Waals surface area (Å²) in [6.07, 6.45) is 2.93. The van der Waals surface area contributed by atoms with E-state index >= 15 is 0 Å². The summed E-state index contributed by atoms with van der Waals surface area (Å²) in [5.41, 5.74) is 1.15. The van der Waals surface area contributed by atoms with Crippen LogP contribution in [0.2, 0.25) is 0 Å². The summed E-state index contributed by atoms with van der Waals surface area (Å²) in [6.45, 7) is 5.36. The lowest BCUT2D eigenvalue weighted by Crippen LogP contribution is -2.21. The van der Waals surface area contributed by atoms with Gasteiger partial charge < -0.3 is 10.1 Å². The van der Waals surface area contributed by atoms with Crippen molar-refractivity contribution in [3.05, 3.63) is 39.8 Å². The van der Waals surface area contributed by atoms with Gasteiger partial charge >= 0.3 is 0 Å². The van der Waals surface area contributed by atoms with E-state index in [9.17, 15) is 0 Å². The summed E-state index contributed by atoms with van der Waals surface area (Å²) in [6, 6.07) is 8.38. The molecule has 0 fully saturated rings. The van der Waals surface area contributed by atoms with Gasteiger partial charge in [0.15, 0.2) is 0 Å². The molecule has 5 heteroatoms. The van der Waals surface area contributed by atoms with E-state index in [0.29, 0.717) is 6.04 Å². The monoisotopic (exact) mass is 305 g/mol. The Bertz CT molecular complexity index is 556. The quantitative estimate of drug-likeness (QED) is 0.809. The number of benzene rings is 1. The van der Waals surface area contributed by atoms with Gasteiger partial charge in [-0.1, -0.05) is 43.4 Å². The Morgan fingerprint density at radius 2 is 2.05 bits per heavy atom. The Labute approximate surface area is 130 Å². The van der Waals surface area contributed by atoms with Crippen molar-refractivity contribution < 1.29 is 4.74 Å². The molecule has 0 spiro atoms. The second-order valence-electron chi connectivity index (χ2n) is 4.94. The van der Waals surface area contributed by atoms with Crippen molar-refractivity contribution in [3.8, 4) is 5.75 Å². The molecule has 0 bridgehead atoms. The second kappa shape index (κ2) is 8.10. The van der Waals surface area contributed by atoms with E-state index in [0.717, 1.165) is 47.1 Å². The highest BCUT2D eigenvalue weighted by Crippen LogP contribution is 2.25. The number of ether oxygens (including phenoxy) is 1. The topological polar surface area (TPSA) is 47.0 Å². The highest BCUT2D eigenvalue weighted by Gasteiger charge is 2.15. The zero-order valence-corrected chi connectivity index (χ0v) is 13.7. The van der Waals surface area contributed by atoms with E-state index in [2.05, 4.69) is 35.4 Å².